The van der Waals surface area contributed by atoms with E-state index >= 15 is 4.39 Å². The molecule has 3 saturated heterocycles. The molecule has 3 aliphatic heterocycles. The van der Waals surface area contributed by atoms with E-state index in [1.54, 1.807) is 42.5 Å². The highest BCUT2D eigenvalue weighted by molar-refractivity contribution is 5.96. The third-order valence-electron chi connectivity index (χ3n) is 6.64. The van der Waals surface area contributed by atoms with Gasteiger partial charge in [-0.1, -0.05) is 0 Å². The second-order valence-electron chi connectivity index (χ2n) is 9.11. The number of hydrogen-bond donors (Lipinski definition) is 2. The molecule has 12 nitrogen and oxygen atoms in total. The first kappa shape index (κ1) is 25.8. The van der Waals surface area contributed by atoms with Crippen molar-refractivity contribution >= 4 is 29.3 Å². The molecular weight excluding hydrogens is 499 g/mol. The molecule has 3 aliphatic rings. The molecule has 0 aliphatic carbocycles. The van der Waals surface area contributed by atoms with Crippen molar-refractivity contribution in [3.05, 3.63) is 54.1 Å². The number of nitrogens with one attached hydrogen (secondary N) is 2. The number of cyclic esters (lactones) is 1. The van der Waals surface area contributed by atoms with Crippen LogP contribution >= 0.6 is 0 Å². The van der Waals surface area contributed by atoms with Gasteiger partial charge in [0.2, 0.25) is 5.91 Å². The van der Waals surface area contributed by atoms with Crippen LogP contribution in [0.3, 0.4) is 0 Å². The van der Waals surface area contributed by atoms with Crippen LogP contribution in [-0.2, 0) is 19.0 Å². The number of anilines is 2. The monoisotopic (exact) mass is 528 g/mol. The molecule has 202 valence electrons. The number of pyridine rings is 1. The molecule has 2 aromatic rings. The number of benzene rings is 1. The number of amides is 3. The number of piperazine rings is 1. The van der Waals surface area contributed by atoms with Crippen LogP contribution in [-0.4, -0.2) is 99.3 Å². The number of ether oxygens (including phenoxy) is 3. The molecule has 0 bridgehead atoms. The van der Waals surface area contributed by atoms with Gasteiger partial charge in [0.1, 0.15) is 11.9 Å². The van der Waals surface area contributed by atoms with Crippen LogP contribution in [0.1, 0.15) is 10.4 Å². The van der Waals surface area contributed by atoms with Gasteiger partial charge in [0, 0.05) is 52.2 Å². The zero-order chi connectivity index (χ0) is 26.6. The second-order valence-corrected chi connectivity index (χ2v) is 9.11. The first-order chi connectivity index (χ1) is 18.4. The molecule has 0 spiro atoms. The maximum Gasteiger partial charge on any atom is 0.414 e. The minimum Gasteiger partial charge on any atom is -0.443 e. The molecular formula is C25H29FN6O6. The van der Waals surface area contributed by atoms with E-state index in [9.17, 15) is 14.4 Å². The minimum absolute atomic E-state index is 0.125. The van der Waals surface area contributed by atoms with Crippen LogP contribution in [0.2, 0.25) is 0 Å². The lowest BCUT2D eigenvalue weighted by atomic mass is 10.2. The van der Waals surface area contributed by atoms with Crippen molar-refractivity contribution in [2.45, 2.75) is 18.6 Å². The van der Waals surface area contributed by atoms with Gasteiger partial charge in [-0.2, -0.15) is 0 Å². The van der Waals surface area contributed by atoms with Crippen molar-refractivity contribution in [3.8, 4) is 0 Å². The smallest absolute Gasteiger partial charge is 0.414 e. The number of epoxide rings is 1. The minimum atomic E-state index is -0.535. The van der Waals surface area contributed by atoms with Gasteiger partial charge in [-0.05, 0) is 30.3 Å². The summed E-state index contributed by atoms with van der Waals surface area (Å²) in [4.78, 5) is 45.8. The summed E-state index contributed by atoms with van der Waals surface area (Å²) in [6.45, 7) is 2.21. The van der Waals surface area contributed by atoms with Gasteiger partial charge in [-0.15, -0.1) is 0 Å². The average Bonchev–Trinajstić information content (AvgIpc) is 3.62. The largest absolute Gasteiger partial charge is 0.443 e. The summed E-state index contributed by atoms with van der Waals surface area (Å²) in [5.74, 6) is -1.04. The molecule has 3 unspecified atom stereocenters. The normalized spacial score (nSPS) is 22.8. The Balaban J connectivity index is 1.10. The van der Waals surface area contributed by atoms with E-state index in [1.165, 1.54) is 17.2 Å². The van der Waals surface area contributed by atoms with Gasteiger partial charge >= 0.3 is 6.09 Å². The predicted molar refractivity (Wildman–Crippen MR) is 133 cm³/mol. The van der Waals surface area contributed by atoms with Gasteiger partial charge in [-0.3, -0.25) is 24.8 Å². The summed E-state index contributed by atoms with van der Waals surface area (Å²) in [7, 11) is 1.55. The van der Waals surface area contributed by atoms with Crippen molar-refractivity contribution in [2.75, 3.05) is 62.7 Å². The third kappa shape index (κ3) is 5.85. The fourth-order valence-electron chi connectivity index (χ4n) is 4.49. The Hall–Kier alpha value is -3.81. The van der Waals surface area contributed by atoms with Crippen LogP contribution in [0.15, 0.2) is 42.7 Å². The van der Waals surface area contributed by atoms with Gasteiger partial charge in [0.15, 0.2) is 12.5 Å². The summed E-state index contributed by atoms with van der Waals surface area (Å²) >= 11 is 0. The maximum atomic E-state index is 15.1. The van der Waals surface area contributed by atoms with Gasteiger partial charge in [0.05, 0.1) is 30.0 Å². The Bertz CT molecular complexity index is 1180. The zero-order valence-corrected chi connectivity index (χ0v) is 20.8. The van der Waals surface area contributed by atoms with Gasteiger partial charge < -0.3 is 29.3 Å². The van der Waals surface area contributed by atoms with Crippen LogP contribution in [0.25, 0.3) is 0 Å². The SMILES string of the molecule is COC1OC1NCC1CN(c2ccc(N3CCN(C(=O)CNC(=O)c4cccnc4)CC3)c(F)c2)C(=O)O1. The van der Waals surface area contributed by atoms with Crippen molar-refractivity contribution in [2.24, 2.45) is 0 Å². The summed E-state index contributed by atoms with van der Waals surface area (Å²) in [6, 6.07) is 7.91. The third-order valence-corrected chi connectivity index (χ3v) is 6.64. The molecule has 0 radical (unpaired) electrons. The molecule has 3 fully saturated rings. The molecule has 1 aromatic carbocycles. The van der Waals surface area contributed by atoms with Gasteiger partial charge in [0.25, 0.3) is 5.91 Å². The average molecular weight is 529 g/mol. The molecule has 5 rings (SSSR count). The Morgan fingerprint density at radius 3 is 2.71 bits per heavy atom. The molecule has 13 heteroatoms. The van der Waals surface area contributed by atoms with Crippen LogP contribution < -0.4 is 20.4 Å². The van der Waals surface area contributed by atoms with Crippen molar-refractivity contribution in [1.29, 1.82) is 0 Å². The molecule has 1 aromatic heterocycles. The van der Waals surface area contributed by atoms with Crippen LogP contribution in [0.4, 0.5) is 20.6 Å². The number of hydrogen-bond acceptors (Lipinski definition) is 9. The lowest BCUT2D eigenvalue weighted by Crippen LogP contribution is -2.51. The fourth-order valence-corrected chi connectivity index (χ4v) is 4.49. The molecule has 0 saturated carbocycles. The number of aromatic nitrogens is 1. The van der Waals surface area contributed by atoms with E-state index in [2.05, 4.69) is 15.6 Å². The standard InChI is InChI=1S/C25H29FN6O6/c1-36-24-23(38-24)29-13-18-15-32(25(35)37-18)17-4-5-20(19(26)11-17)30-7-9-31(10-8-30)21(33)14-28-22(34)16-3-2-6-27-12-16/h2-6,11-12,18,23-24,29H,7-10,13-15H2,1H3,(H,28,34). The molecule has 38 heavy (non-hydrogen) atoms. The van der Waals surface area contributed by atoms with E-state index in [1.807, 2.05) is 4.90 Å². The van der Waals surface area contributed by atoms with Crippen molar-refractivity contribution in [3.63, 3.8) is 0 Å². The van der Waals surface area contributed by atoms with E-state index in [4.69, 9.17) is 14.2 Å². The highest BCUT2D eigenvalue weighted by Gasteiger charge is 2.41. The van der Waals surface area contributed by atoms with Crippen LogP contribution in [0.5, 0.6) is 0 Å². The van der Waals surface area contributed by atoms with Crippen LogP contribution in [0, 0.1) is 5.82 Å². The maximum absolute atomic E-state index is 15.1. The predicted octanol–water partition coefficient (Wildman–Crippen LogP) is 0.543. The summed E-state index contributed by atoms with van der Waals surface area (Å²) in [5.41, 5.74) is 1.19. The lowest BCUT2D eigenvalue weighted by Gasteiger charge is -2.36. The van der Waals surface area contributed by atoms with Gasteiger partial charge in [-0.25, -0.2) is 9.18 Å². The van der Waals surface area contributed by atoms with E-state index < -0.39 is 18.0 Å². The number of nitrogens with zero attached hydrogens (tertiary/aromatic N) is 4. The van der Waals surface area contributed by atoms with E-state index in [-0.39, 0.29) is 37.4 Å². The topological polar surface area (TPSA) is 129 Å². The number of carbonyl (C=O) groups is 3. The number of rotatable bonds is 9. The highest BCUT2D eigenvalue weighted by Crippen LogP contribution is 2.29. The first-order valence-electron chi connectivity index (χ1n) is 12.3. The lowest BCUT2D eigenvalue weighted by molar-refractivity contribution is -0.130. The quantitative estimate of drug-likeness (QED) is 0.448. The molecule has 4 heterocycles. The summed E-state index contributed by atoms with van der Waals surface area (Å²) in [6.07, 6.45) is 1.56. The van der Waals surface area contributed by atoms with Crippen molar-refractivity contribution < 1.29 is 33.0 Å². The summed E-state index contributed by atoms with van der Waals surface area (Å²) < 4.78 is 30.7. The Morgan fingerprint density at radius 1 is 1.21 bits per heavy atom. The number of halogens is 1. The highest BCUT2D eigenvalue weighted by atomic mass is 19.1. The number of carbonyl (C=O) groups excluding carboxylic acids is 3. The number of methoxy groups -OCH3 is 1. The summed E-state index contributed by atoms with van der Waals surface area (Å²) in [5, 5.41) is 5.71. The second kappa shape index (κ2) is 11.3. The first-order valence-corrected chi connectivity index (χ1v) is 12.3. The van der Waals surface area contributed by atoms with E-state index in [0.717, 1.165) is 0 Å². The molecule has 3 amide bonds. The zero-order valence-electron chi connectivity index (χ0n) is 20.8. The van der Waals surface area contributed by atoms with Crippen molar-refractivity contribution in [1.82, 2.24) is 20.5 Å². The molecule has 3 atom stereocenters. The Labute approximate surface area is 218 Å². The Kier molecular flexibility index (Phi) is 7.67. The molecule has 2 N–H and O–H groups in total. The van der Waals surface area contributed by atoms with E-state index in [0.29, 0.717) is 49.7 Å². The Morgan fingerprint density at radius 2 is 2.03 bits per heavy atom. The fraction of sp³-hybridized carbons (Fsp3) is 0.440.